The fourth-order valence-corrected chi connectivity index (χ4v) is 2.95. The Kier molecular flexibility index (Phi) is 8.33. The molecule has 0 amide bonds. The minimum Gasteiger partial charge on any atom is -0.462 e. The van der Waals surface area contributed by atoms with Gasteiger partial charge >= 0.3 is 5.97 Å². The number of ether oxygens (including phenoxy) is 1. The minimum absolute atomic E-state index is 0.224. The van der Waals surface area contributed by atoms with Crippen LogP contribution in [-0.4, -0.2) is 12.6 Å². The molecule has 1 aromatic carbocycles. The third-order valence-electron chi connectivity index (χ3n) is 4.65. The van der Waals surface area contributed by atoms with Gasteiger partial charge in [-0.05, 0) is 30.4 Å². The van der Waals surface area contributed by atoms with E-state index in [-0.39, 0.29) is 5.97 Å². The first-order valence-electron chi connectivity index (χ1n) is 9.74. The lowest BCUT2D eigenvalue weighted by Gasteiger charge is -2.12. The Hall–Kier alpha value is -2.16. The molecule has 0 aliphatic heterocycles. The third-order valence-corrected chi connectivity index (χ3v) is 4.65. The van der Waals surface area contributed by atoms with Crippen molar-refractivity contribution < 1.29 is 14.1 Å². The molecule has 2 aromatic rings. The van der Waals surface area contributed by atoms with Crippen molar-refractivity contribution >= 4 is 5.97 Å². The number of esters is 1. The van der Waals surface area contributed by atoms with Gasteiger partial charge in [-0.3, -0.25) is 0 Å². The Morgan fingerprint density at radius 2 is 1.65 bits per heavy atom. The lowest BCUT2D eigenvalue weighted by molar-refractivity contribution is -0.688. The van der Waals surface area contributed by atoms with Crippen molar-refractivity contribution in [2.24, 2.45) is 11.8 Å². The second kappa shape index (κ2) is 10.7. The van der Waals surface area contributed by atoms with Crippen molar-refractivity contribution in [1.82, 2.24) is 0 Å². The van der Waals surface area contributed by atoms with Crippen molar-refractivity contribution in [3.05, 3.63) is 66.0 Å². The molecule has 1 unspecified atom stereocenters. The Morgan fingerprint density at radius 3 is 2.31 bits per heavy atom. The lowest BCUT2D eigenvalue weighted by Crippen LogP contribution is -2.32. The van der Waals surface area contributed by atoms with Crippen LogP contribution in [0, 0.1) is 11.8 Å². The largest absolute Gasteiger partial charge is 0.462 e. The summed E-state index contributed by atoms with van der Waals surface area (Å²) in [7, 11) is 0. The van der Waals surface area contributed by atoms with Crippen LogP contribution in [0.15, 0.2) is 54.9 Å². The first-order chi connectivity index (χ1) is 12.5. The summed E-state index contributed by atoms with van der Waals surface area (Å²) in [5, 5.41) is 0. The number of carbonyl (C=O) groups is 1. The van der Waals surface area contributed by atoms with Gasteiger partial charge in [0, 0.05) is 17.7 Å². The summed E-state index contributed by atoms with van der Waals surface area (Å²) in [6, 6.07) is 13.7. The van der Waals surface area contributed by atoms with Crippen molar-refractivity contribution in [3.63, 3.8) is 0 Å². The summed E-state index contributed by atoms with van der Waals surface area (Å²) in [6.07, 6.45) is 8.74. The fraction of sp³-hybridized carbons (Fsp3) is 0.478. The highest BCUT2D eigenvalue weighted by molar-refractivity contribution is 5.89. The van der Waals surface area contributed by atoms with Crippen LogP contribution in [0.5, 0.6) is 0 Å². The highest BCUT2D eigenvalue weighted by Crippen LogP contribution is 2.15. The van der Waals surface area contributed by atoms with Crippen LogP contribution in [0.3, 0.4) is 0 Å². The van der Waals surface area contributed by atoms with Gasteiger partial charge in [0.1, 0.15) is 0 Å². The van der Waals surface area contributed by atoms with Crippen LogP contribution in [0.2, 0.25) is 0 Å². The van der Waals surface area contributed by atoms with Crippen LogP contribution in [-0.2, 0) is 11.3 Å². The Balaban J connectivity index is 1.72. The van der Waals surface area contributed by atoms with E-state index in [2.05, 4.69) is 25.3 Å². The average Bonchev–Trinajstić information content (AvgIpc) is 2.63. The zero-order valence-electron chi connectivity index (χ0n) is 16.4. The van der Waals surface area contributed by atoms with E-state index >= 15 is 0 Å². The number of hydrogen-bond acceptors (Lipinski definition) is 2. The quantitative estimate of drug-likeness (QED) is 0.442. The zero-order chi connectivity index (χ0) is 18.8. The number of carbonyl (C=O) groups excluding carboxylic acids is 1. The van der Waals surface area contributed by atoms with E-state index < -0.39 is 0 Å². The van der Waals surface area contributed by atoms with Gasteiger partial charge in [0.05, 0.1) is 12.2 Å². The normalized spacial score (nSPS) is 12.2. The van der Waals surface area contributed by atoms with Crippen molar-refractivity contribution in [2.45, 2.75) is 53.0 Å². The number of hydrogen-bond donors (Lipinski definition) is 0. The molecule has 0 N–H and O–H groups in total. The second-order valence-corrected chi connectivity index (χ2v) is 7.60. The molecule has 3 heteroatoms. The molecule has 1 atom stereocenters. The number of nitrogens with zero attached hydrogens (tertiary/aromatic N) is 1. The maximum atomic E-state index is 12.2. The standard InChI is InChI=1S/C23H32NO2/c1-19(2)8-7-9-20(3)14-17-26-23(25)22-12-10-21(11-13-22)18-24-15-5-4-6-16-24/h4-6,10-13,15-16,19-20H,7-9,14,17-18H2,1-3H3/q+1. The first-order valence-corrected chi connectivity index (χ1v) is 9.74. The maximum absolute atomic E-state index is 12.2. The van der Waals surface area contributed by atoms with Gasteiger partial charge in [0.25, 0.3) is 0 Å². The lowest BCUT2D eigenvalue weighted by atomic mass is 9.98. The van der Waals surface area contributed by atoms with Crippen LogP contribution in [0.25, 0.3) is 0 Å². The molecule has 2 rings (SSSR count). The topological polar surface area (TPSA) is 30.2 Å². The Labute approximate surface area is 158 Å². The Morgan fingerprint density at radius 1 is 0.962 bits per heavy atom. The Bertz CT molecular complexity index is 650. The van der Waals surface area contributed by atoms with Crippen molar-refractivity contribution in [3.8, 4) is 0 Å². The third kappa shape index (κ3) is 7.38. The number of rotatable bonds is 10. The van der Waals surface area contributed by atoms with Crippen molar-refractivity contribution in [2.75, 3.05) is 6.61 Å². The van der Waals surface area contributed by atoms with Gasteiger partial charge in [-0.1, -0.05) is 58.2 Å². The summed E-state index contributed by atoms with van der Waals surface area (Å²) in [4.78, 5) is 12.2. The van der Waals surface area contributed by atoms with Crippen LogP contribution in [0.1, 0.15) is 62.4 Å². The molecule has 140 valence electrons. The number of pyridine rings is 1. The van der Waals surface area contributed by atoms with Crippen LogP contribution >= 0.6 is 0 Å². The summed E-state index contributed by atoms with van der Waals surface area (Å²) in [5.41, 5.74) is 1.79. The van der Waals surface area contributed by atoms with Crippen molar-refractivity contribution in [1.29, 1.82) is 0 Å². The predicted molar refractivity (Wildman–Crippen MR) is 105 cm³/mol. The van der Waals surface area contributed by atoms with E-state index in [4.69, 9.17) is 4.74 Å². The average molecular weight is 355 g/mol. The molecule has 0 aliphatic rings. The van der Waals surface area contributed by atoms with Gasteiger partial charge in [-0.25, -0.2) is 9.36 Å². The van der Waals surface area contributed by atoms with E-state index in [0.717, 1.165) is 24.4 Å². The van der Waals surface area contributed by atoms with E-state index in [0.29, 0.717) is 18.1 Å². The van der Waals surface area contributed by atoms with Gasteiger partial charge < -0.3 is 4.74 Å². The van der Waals surface area contributed by atoms with Crippen LogP contribution in [0.4, 0.5) is 0 Å². The molecule has 1 aromatic heterocycles. The molecule has 0 saturated heterocycles. The smallest absolute Gasteiger partial charge is 0.338 e. The molecule has 0 fully saturated rings. The molecule has 0 aliphatic carbocycles. The number of aromatic nitrogens is 1. The van der Waals surface area contributed by atoms with Crippen LogP contribution < -0.4 is 4.57 Å². The molecule has 0 bridgehead atoms. The minimum atomic E-state index is -0.224. The molecule has 0 spiro atoms. The molecular weight excluding hydrogens is 322 g/mol. The zero-order valence-corrected chi connectivity index (χ0v) is 16.4. The molecule has 3 nitrogen and oxygen atoms in total. The SMILES string of the molecule is CC(C)CCCC(C)CCOC(=O)c1ccc(C[n+]2ccccc2)cc1. The molecule has 26 heavy (non-hydrogen) atoms. The maximum Gasteiger partial charge on any atom is 0.338 e. The van der Waals surface area contributed by atoms with Gasteiger partial charge in [0.15, 0.2) is 18.9 Å². The van der Waals surface area contributed by atoms with Gasteiger partial charge in [0.2, 0.25) is 0 Å². The molecule has 0 radical (unpaired) electrons. The highest BCUT2D eigenvalue weighted by atomic mass is 16.5. The van der Waals surface area contributed by atoms with E-state index in [1.54, 1.807) is 0 Å². The number of benzene rings is 1. The fourth-order valence-electron chi connectivity index (χ4n) is 2.95. The summed E-state index contributed by atoms with van der Waals surface area (Å²) < 4.78 is 7.55. The highest BCUT2D eigenvalue weighted by Gasteiger charge is 2.10. The van der Waals surface area contributed by atoms with Gasteiger partial charge in [-0.2, -0.15) is 0 Å². The predicted octanol–water partition coefficient (Wildman–Crippen LogP) is 5.03. The van der Waals surface area contributed by atoms with E-state index in [9.17, 15) is 4.79 Å². The van der Waals surface area contributed by atoms with E-state index in [1.165, 1.54) is 19.3 Å². The first kappa shape index (κ1) is 20.2. The summed E-state index contributed by atoms with van der Waals surface area (Å²) in [5.74, 6) is 1.15. The molecular formula is C23H32NO2+. The summed E-state index contributed by atoms with van der Waals surface area (Å²) >= 11 is 0. The second-order valence-electron chi connectivity index (χ2n) is 7.60. The van der Waals surface area contributed by atoms with Gasteiger partial charge in [-0.15, -0.1) is 0 Å². The molecule has 1 heterocycles. The molecule has 0 saturated carbocycles. The summed E-state index contributed by atoms with van der Waals surface area (Å²) in [6.45, 7) is 8.06. The monoisotopic (exact) mass is 354 g/mol. The van der Waals surface area contributed by atoms with E-state index in [1.807, 2.05) is 54.9 Å².